The predicted molar refractivity (Wildman–Crippen MR) is 56.0 cm³/mol. The van der Waals surface area contributed by atoms with Gasteiger partial charge in [-0.1, -0.05) is 17.7 Å². The van der Waals surface area contributed by atoms with Crippen LogP contribution in [0.25, 0.3) is 0 Å². The lowest BCUT2D eigenvalue weighted by Crippen LogP contribution is -2.06. The molecule has 0 aliphatic carbocycles. The van der Waals surface area contributed by atoms with Gasteiger partial charge in [0.1, 0.15) is 5.17 Å². The van der Waals surface area contributed by atoms with Crippen molar-refractivity contribution in [2.24, 2.45) is 4.99 Å². The molecule has 2 nitrogen and oxygen atoms in total. The quantitative estimate of drug-likeness (QED) is 0.409. The lowest BCUT2D eigenvalue weighted by atomic mass is 10.3. The highest BCUT2D eigenvalue weighted by Crippen LogP contribution is 2.05. The molecule has 4 heteroatoms. The van der Waals surface area contributed by atoms with Gasteiger partial charge in [0.15, 0.2) is 0 Å². The van der Waals surface area contributed by atoms with E-state index in [1.807, 2.05) is 6.92 Å². The molecule has 0 aliphatic heterocycles. The van der Waals surface area contributed by atoms with Crippen LogP contribution in [0.5, 0.6) is 0 Å². The summed E-state index contributed by atoms with van der Waals surface area (Å²) in [6.07, 6.45) is 3.23. The van der Waals surface area contributed by atoms with Crippen molar-refractivity contribution >= 4 is 34.6 Å². The van der Waals surface area contributed by atoms with Crippen LogP contribution in [0.4, 0.5) is 0 Å². The summed E-state index contributed by atoms with van der Waals surface area (Å²) in [4.78, 5) is 4.06. The lowest BCUT2D eigenvalue weighted by molar-refractivity contribution is 0.923. The normalized spacial score (nSPS) is 16.8. The molecule has 1 N–H and O–H groups in total. The smallest absolute Gasteiger partial charge is 0.103 e. The highest BCUT2D eigenvalue weighted by Gasteiger charge is 2.04. The van der Waals surface area contributed by atoms with Crippen LogP contribution < -0.4 is 0 Å². The van der Waals surface area contributed by atoms with Crippen molar-refractivity contribution in [1.29, 1.82) is 5.41 Å². The Kier molecular flexibility index (Phi) is 6.03. The fraction of sp³-hybridized carbons (Fsp3) is 0.500. The van der Waals surface area contributed by atoms with E-state index in [1.165, 1.54) is 0 Å². The van der Waals surface area contributed by atoms with Crippen LogP contribution in [0, 0.1) is 5.41 Å². The summed E-state index contributed by atoms with van der Waals surface area (Å²) < 4.78 is 0. The van der Waals surface area contributed by atoms with Crippen molar-refractivity contribution in [2.75, 3.05) is 0 Å². The summed E-state index contributed by atoms with van der Waals surface area (Å²) >= 11 is 11.4. The number of alkyl halides is 1. The monoisotopic (exact) mass is 206 g/mol. The van der Waals surface area contributed by atoms with E-state index >= 15 is 0 Å². The minimum absolute atomic E-state index is 0.00657. The highest BCUT2D eigenvalue weighted by molar-refractivity contribution is 6.66. The second-order valence-electron chi connectivity index (χ2n) is 2.37. The molecule has 0 fully saturated rings. The number of hydrogen-bond donors (Lipinski definition) is 1. The predicted octanol–water partition coefficient (Wildman–Crippen LogP) is 2.85. The molecule has 0 aromatic heterocycles. The van der Waals surface area contributed by atoms with Gasteiger partial charge in [-0.3, -0.25) is 4.99 Å². The van der Waals surface area contributed by atoms with Gasteiger partial charge in [-0.2, -0.15) is 0 Å². The average Bonchev–Trinajstić information content (AvgIpc) is 2.03. The number of hydrogen-bond acceptors (Lipinski definition) is 2. The molecule has 0 saturated heterocycles. The Morgan fingerprint density at radius 2 is 2.33 bits per heavy atom. The third-order valence-electron chi connectivity index (χ3n) is 1.23. The largest absolute Gasteiger partial charge is 0.312 e. The zero-order chi connectivity index (χ0) is 9.56. The Morgan fingerprint density at radius 3 is 2.75 bits per heavy atom. The molecule has 0 saturated carbocycles. The molecule has 2 unspecified atom stereocenters. The lowest BCUT2D eigenvalue weighted by Gasteiger charge is -2.02. The van der Waals surface area contributed by atoms with Gasteiger partial charge >= 0.3 is 0 Å². The summed E-state index contributed by atoms with van der Waals surface area (Å²) in [6, 6.07) is 0.00657. The molecular weight excluding hydrogens is 195 g/mol. The molecule has 0 radical (unpaired) electrons. The molecule has 0 aliphatic rings. The third-order valence-corrected chi connectivity index (χ3v) is 1.76. The Balaban J connectivity index is 4.00. The number of halogens is 2. The van der Waals surface area contributed by atoms with Crippen molar-refractivity contribution in [3.05, 3.63) is 12.7 Å². The minimum atomic E-state index is -0.363. The van der Waals surface area contributed by atoms with Gasteiger partial charge in [-0.05, 0) is 6.92 Å². The maximum atomic E-state index is 6.84. The zero-order valence-electron chi connectivity index (χ0n) is 6.93. The average molecular weight is 207 g/mol. The molecule has 0 rings (SSSR count). The van der Waals surface area contributed by atoms with Crippen LogP contribution in [0.3, 0.4) is 0 Å². The standard InChI is InChI=1S/C8H12Cl2N2/c1-3-6(2)12-8(10)4-7(9)5-11/h3,5-7,11H,1,4H2,2H3. The molecule has 0 spiro atoms. The highest BCUT2D eigenvalue weighted by atomic mass is 35.5. The van der Waals surface area contributed by atoms with Crippen molar-refractivity contribution in [2.45, 2.75) is 24.8 Å². The van der Waals surface area contributed by atoms with Gasteiger partial charge in [-0.25, -0.2) is 0 Å². The van der Waals surface area contributed by atoms with E-state index in [4.69, 9.17) is 28.6 Å². The van der Waals surface area contributed by atoms with Crippen LogP contribution in [-0.4, -0.2) is 22.8 Å². The first-order chi connectivity index (χ1) is 5.60. The maximum absolute atomic E-state index is 6.84. The summed E-state index contributed by atoms with van der Waals surface area (Å²) in [7, 11) is 0. The van der Waals surface area contributed by atoms with Crippen molar-refractivity contribution in [3.8, 4) is 0 Å². The van der Waals surface area contributed by atoms with Crippen molar-refractivity contribution in [3.63, 3.8) is 0 Å². The minimum Gasteiger partial charge on any atom is -0.312 e. The Bertz CT molecular complexity index is 189. The Hall–Kier alpha value is -0.340. The molecule has 0 aromatic rings. The van der Waals surface area contributed by atoms with Crippen molar-refractivity contribution in [1.82, 2.24) is 0 Å². The molecule has 0 bridgehead atoms. The van der Waals surface area contributed by atoms with Crippen molar-refractivity contribution < 1.29 is 0 Å². The van der Waals surface area contributed by atoms with Gasteiger partial charge in [0.05, 0.1) is 11.4 Å². The molecular formula is C8H12Cl2N2. The Morgan fingerprint density at radius 1 is 1.75 bits per heavy atom. The number of aliphatic imine (C=N–C) groups is 1. The van der Waals surface area contributed by atoms with Crippen LogP contribution >= 0.6 is 23.2 Å². The van der Waals surface area contributed by atoms with Gasteiger partial charge in [-0.15, -0.1) is 18.2 Å². The van der Waals surface area contributed by atoms with E-state index in [-0.39, 0.29) is 11.4 Å². The van der Waals surface area contributed by atoms with Crippen LogP contribution in [0.1, 0.15) is 13.3 Å². The second-order valence-corrected chi connectivity index (χ2v) is 3.37. The van der Waals surface area contributed by atoms with Gasteiger partial charge in [0.2, 0.25) is 0 Å². The van der Waals surface area contributed by atoms with E-state index in [9.17, 15) is 0 Å². The van der Waals surface area contributed by atoms with E-state index in [2.05, 4.69) is 11.6 Å². The Labute approximate surface area is 82.8 Å². The second kappa shape index (κ2) is 6.21. The van der Waals surface area contributed by atoms with Crippen LogP contribution in [0.2, 0.25) is 0 Å². The first-order valence-corrected chi connectivity index (χ1v) is 4.41. The van der Waals surface area contributed by atoms with Gasteiger partial charge in [0, 0.05) is 12.6 Å². The molecule has 2 atom stereocenters. The fourth-order valence-electron chi connectivity index (χ4n) is 0.546. The number of nitrogens with one attached hydrogen (secondary N) is 1. The molecule has 0 heterocycles. The van der Waals surface area contributed by atoms with E-state index < -0.39 is 0 Å². The topological polar surface area (TPSA) is 36.2 Å². The first kappa shape index (κ1) is 11.7. The maximum Gasteiger partial charge on any atom is 0.103 e. The van der Waals surface area contributed by atoms with Crippen LogP contribution in [-0.2, 0) is 0 Å². The molecule has 68 valence electrons. The number of nitrogens with zero attached hydrogens (tertiary/aromatic N) is 1. The fourth-order valence-corrected chi connectivity index (χ4v) is 1.09. The van der Waals surface area contributed by atoms with Gasteiger partial charge < -0.3 is 5.41 Å². The SMILES string of the molecule is C=CC(C)N=C(Cl)CC(Cl)C=N. The molecule has 0 amide bonds. The number of rotatable bonds is 5. The molecule has 12 heavy (non-hydrogen) atoms. The molecule has 0 aromatic carbocycles. The summed E-state index contributed by atoms with van der Waals surface area (Å²) in [5.74, 6) is 0. The van der Waals surface area contributed by atoms with Crippen LogP contribution in [0.15, 0.2) is 17.6 Å². The van der Waals surface area contributed by atoms with Gasteiger partial charge in [0.25, 0.3) is 0 Å². The summed E-state index contributed by atoms with van der Waals surface area (Å²) in [5.41, 5.74) is 0. The third kappa shape index (κ3) is 5.33. The zero-order valence-corrected chi connectivity index (χ0v) is 8.44. The van der Waals surface area contributed by atoms with E-state index in [0.29, 0.717) is 11.6 Å². The summed E-state index contributed by atoms with van der Waals surface area (Å²) in [5, 5.41) is 6.91. The summed E-state index contributed by atoms with van der Waals surface area (Å²) in [6.45, 7) is 5.45. The first-order valence-electron chi connectivity index (χ1n) is 3.59. The van der Waals surface area contributed by atoms with E-state index in [1.54, 1.807) is 6.08 Å². The van der Waals surface area contributed by atoms with E-state index in [0.717, 1.165) is 6.21 Å².